The van der Waals surface area contributed by atoms with Crippen LogP contribution >= 0.6 is 0 Å². The highest BCUT2D eigenvalue weighted by molar-refractivity contribution is 7.92. The second-order valence-corrected chi connectivity index (χ2v) is 10.4. The summed E-state index contributed by atoms with van der Waals surface area (Å²) in [7, 11) is -1.86. The number of hydrogen-bond acceptors (Lipinski definition) is 5. The lowest BCUT2D eigenvalue weighted by Crippen LogP contribution is -2.47. The zero-order chi connectivity index (χ0) is 24.8. The van der Waals surface area contributed by atoms with Crippen molar-refractivity contribution in [2.75, 3.05) is 44.5 Å². The van der Waals surface area contributed by atoms with Crippen molar-refractivity contribution in [2.24, 2.45) is 0 Å². The third-order valence-corrected chi connectivity index (χ3v) is 7.43. The molecule has 1 aliphatic heterocycles. The van der Waals surface area contributed by atoms with E-state index < -0.39 is 15.8 Å². The molecule has 1 aliphatic rings. The molecule has 7 nitrogen and oxygen atoms in total. The van der Waals surface area contributed by atoms with E-state index in [1.807, 2.05) is 30.3 Å². The largest absolute Gasteiger partial charge is 0.344 e. The average Bonchev–Trinajstić information content (AvgIpc) is 2.87. The molecule has 1 fully saturated rings. The predicted molar refractivity (Wildman–Crippen MR) is 134 cm³/mol. The van der Waals surface area contributed by atoms with Gasteiger partial charge in [0.1, 0.15) is 5.82 Å². The third-order valence-electron chi connectivity index (χ3n) is 6.05. The molecule has 3 aromatic carbocycles. The molecule has 0 aliphatic carbocycles. The lowest BCUT2D eigenvalue weighted by Gasteiger charge is -2.35. The molecule has 1 heterocycles. The lowest BCUT2D eigenvalue weighted by atomic mass is 10.0. The zero-order valence-corrected chi connectivity index (χ0v) is 20.3. The van der Waals surface area contributed by atoms with Crippen LogP contribution < -0.4 is 10.0 Å². The Kier molecular flexibility index (Phi) is 7.80. The summed E-state index contributed by atoms with van der Waals surface area (Å²) in [4.78, 5) is 17.8. The monoisotopic (exact) mass is 496 g/mol. The van der Waals surface area contributed by atoms with Crippen molar-refractivity contribution in [1.82, 2.24) is 15.1 Å². The number of carbonyl (C=O) groups excluding carboxylic acids is 1. The van der Waals surface area contributed by atoms with Gasteiger partial charge in [0.05, 0.1) is 10.9 Å². The first-order chi connectivity index (χ1) is 16.8. The molecule has 3 aromatic rings. The number of likely N-dealkylation sites (N-methyl/N-ethyl adjacent to an activating group) is 1. The average molecular weight is 497 g/mol. The van der Waals surface area contributed by atoms with Gasteiger partial charge in [-0.2, -0.15) is 0 Å². The van der Waals surface area contributed by atoms with Crippen LogP contribution in [-0.4, -0.2) is 63.9 Å². The number of rotatable bonds is 8. The Morgan fingerprint density at radius 1 is 0.943 bits per heavy atom. The molecule has 1 unspecified atom stereocenters. The van der Waals surface area contributed by atoms with Crippen molar-refractivity contribution in [3.8, 4) is 0 Å². The molecule has 0 saturated carbocycles. The Morgan fingerprint density at radius 2 is 1.63 bits per heavy atom. The van der Waals surface area contributed by atoms with Crippen LogP contribution in [0.4, 0.5) is 10.1 Å². The minimum atomic E-state index is -3.96. The number of nitrogens with zero attached hydrogens (tertiary/aromatic N) is 2. The van der Waals surface area contributed by atoms with Crippen molar-refractivity contribution < 1.29 is 17.6 Å². The fourth-order valence-corrected chi connectivity index (χ4v) is 5.09. The van der Waals surface area contributed by atoms with Crippen LogP contribution in [0.2, 0.25) is 0 Å². The van der Waals surface area contributed by atoms with Crippen LogP contribution in [0.1, 0.15) is 22.0 Å². The number of benzene rings is 3. The smallest absolute Gasteiger partial charge is 0.261 e. The Labute approximate surface area is 205 Å². The van der Waals surface area contributed by atoms with Gasteiger partial charge in [-0.3, -0.25) is 14.4 Å². The highest BCUT2D eigenvalue weighted by Crippen LogP contribution is 2.20. The maximum absolute atomic E-state index is 13.2. The highest BCUT2D eigenvalue weighted by Gasteiger charge is 2.23. The second-order valence-electron chi connectivity index (χ2n) is 8.68. The quantitative estimate of drug-likeness (QED) is 0.500. The SMILES string of the molecule is CN1CCN(CC(NC(=O)c2cccc(S(=O)(=O)Nc3ccc(F)cc3)c2)c2ccccc2)CC1. The van der Waals surface area contributed by atoms with E-state index in [-0.39, 0.29) is 28.1 Å². The molecular formula is C26H29FN4O3S. The van der Waals surface area contributed by atoms with Crippen LogP contribution in [-0.2, 0) is 10.0 Å². The molecule has 0 bridgehead atoms. The molecule has 1 saturated heterocycles. The van der Waals surface area contributed by atoms with Gasteiger partial charge < -0.3 is 10.2 Å². The van der Waals surface area contributed by atoms with Crippen LogP contribution in [0.5, 0.6) is 0 Å². The van der Waals surface area contributed by atoms with Crippen molar-refractivity contribution in [1.29, 1.82) is 0 Å². The number of carbonyl (C=O) groups is 1. The maximum atomic E-state index is 13.2. The third kappa shape index (κ3) is 6.66. The van der Waals surface area contributed by atoms with E-state index in [0.717, 1.165) is 31.7 Å². The van der Waals surface area contributed by atoms with Gasteiger partial charge in [-0.15, -0.1) is 0 Å². The van der Waals surface area contributed by atoms with Crippen molar-refractivity contribution in [3.63, 3.8) is 0 Å². The van der Waals surface area contributed by atoms with Crippen LogP contribution in [0.3, 0.4) is 0 Å². The van der Waals surface area contributed by atoms with E-state index in [4.69, 9.17) is 0 Å². The summed E-state index contributed by atoms with van der Waals surface area (Å²) in [5.41, 5.74) is 1.46. The minimum absolute atomic E-state index is 0.0511. The fraction of sp³-hybridized carbons (Fsp3) is 0.269. The molecule has 1 amide bonds. The molecule has 0 radical (unpaired) electrons. The molecule has 35 heavy (non-hydrogen) atoms. The number of halogens is 1. The first-order valence-corrected chi connectivity index (χ1v) is 12.9. The van der Waals surface area contributed by atoms with Gasteiger partial charge in [0.2, 0.25) is 0 Å². The number of hydrogen-bond donors (Lipinski definition) is 2. The van der Waals surface area contributed by atoms with Gasteiger partial charge in [-0.25, -0.2) is 12.8 Å². The van der Waals surface area contributed by atoms with E-state index in [1.165, 1.54) is 42.5 Å². The van der Waals surface area contributed by atoms with E-state index >= 15 is 0 Å². The standard InChI is InChI=1S/C26H29FN4O3S/c1-30-14-16-31(17-15-30)19-25(20-6-3-2-4-7-20)28-26(32)21-8-5-9-24(18-21)35(33,34)29-23-12-10-22(27)11-13-23/h2-13,18,25,29H,14-17,19H2,1H3,(H,28,32). The molecule has 2 N–H and O–H groups in total. The van der Waals surface area contributed by atoms with E-state index in [0.29, 0.717) is 6.54 Å². The molecule has 0 aromatic heterocycles. The fourth-order valence-electron chi connectivity index (χ4n) is 3.99. The Bertz CT molecular complexity index is 1250. The summed E-state index contributed by atoms with van der Waals surface area (Å²) in [6.07, 6.45) is 0. The van der Waals surface area contributed by atoms with Gasteiger partial charge in [-0.1, -0.05) is 36.4 Å². The minimum Gasteiger partial charge on any atom is -0.344 e. The van der Waals surface area contributed by atoms with Crippen molar-refractivity contribution >= 4 is 21.6 Å². The number of nitrogens with one attached hydrogen (secondary N) is 2. The number of anilines is 1. The van der Waals surface area contributed by atoms with Crippen LogP contribution in [0, 0.1) is 5.82 Å². The van der Waals surface area contributed by atoms with Crippen LogP contribution in [0.25, 0.3) is 0 Å². The second kappa shape index (κ2) is 11.0. The normalized spacial score (nSPS) is 15.9. The Balaban J connectivity index is 1.51. The molecule has 184 valence electrons. The van der Waals surface area contributed by atoms with Gasteiger partial charge in [-0.05, 0) is 55.1 Å². The Morgan fingerprint density at radius 3 is 2.31 bits per heavy atom. The molecule has 4 rings (SSSR count). The van der Waals surface area contributed by atoms with E-state index in [1.54, 1.807) is 6.07 Å². The number of piperazine rings is 1. The van der Waals surface area contributed by atoms with Crippen molar-refractivity contribution in [3.05, 3.63) is 95.8 Å². The summed E-state index contributed by atoms with van der Waals surface area (Å²) in [5, 5.41) is 3.09. The predicted octanol–water partition coefficient (Wildman–Crippen LogP) is 3.35. The Hall–Kier alpha value is -3.27. The summed E-state index contributed by atoms with van der Waals surface area (Å²) < 4.78 is 41.3. The summed E-state index contributed by atoms with van der Waals surface area (Å²) in [6, 6.07) is 20.4. The zero-order valence-electron chi connectivity index (χ0n) is 19.5. The molecule has 9 heteroatoms. The summed E-state index contributed by atoms with van der Waals surface area (Å²) in [5.74, 6) is -0.817. The molecular weight excluding hydrogens is 467 g/mol. The van der Waals surface area contributed by atoms with E-state index in [9.17, 15) is 17.6 Å². The summed E-state index contributed by atoms with van der Waals surface area (Å²) in [6.45, 7) is 4.43. The first kappa shape index (κ1) is 24.8. The summed E-state index contributed by atoms with van der Waals surface area (Å²) >= 11 is 0. The van der Waals surface area contributed by atoms with Crippen molar-refractivity contribution in [2.45, 2.75) is 10.9 Å². The first-order valence-electron chi connectivity index (χ1n) is 11.5. The molecule has 1 atom stereocenters. The van der Waals surface area contributed by atoms with E-state index in [2.05, 4.69) is 26.9 Å². The van der Waals surface area contributed by atoms with Gasteiger partial charge in [0.25, 0.3) is 15.9 Å². The maximum Gasteiger partial charge on any atom is 0.261 e. The lowest BCUT2D eigenvalue weighted by molar-refractivity contribution is 0.0907. The van der Waals surface area contributed by atoms with Gasteiger partial charge in [0, 0.05) is 44.0 Å². The number of amides is 1. The highest BCUT2D eigenvalue weighted by atomic mass is 32.2. The number of sulfonamides is 1. The van der Waals surface area contributed by atoms with Gasteiger partial charge in [0.15, 0.2) is 0 Å². The topological polar surface area (TPSA) is 81.8 Å². The molecule has 0 spiro atoms. The van der Waals surface area contributed by atoms with Crippen LogP contribution in [0.15, 0.2) is 83.8 Å². The van der Waals surface area contributed by atoms with Gasteiger partial charge >= 0.3 is 0 Å².